The maximum Gasteiger partial charge on any atom is 0.162 e. The molecule has 46 valence electrons. The Hall–Kier alpha value is 0.345. The first kappa shape index (κ1) is 8.34. The molecule has 0 heterocycles. The van der Waals surface area contributed by atoms with Gasteiger partial charge in [-0.2, -0.15) is 0 Å². The van der Waals surface area contributed by atoms with E-state index in [0.29, 0.717) is 0 Å². The summed E-state index contributed by atoms with van der Waals surface area (Å²) >= 11 is 1.10. The van der Waals surface area contributed by atoms with Gasteiger partial charge in [-0.15, -0.1) is 0 Å². The van der Waals surface area contributed by atoms with Gasteiger partial charge < -0.3 is 0 Å². The molecule has 3 heteroatoms. The number of hydrogen-bond donors (Lipinski definition) is 0. The predicted molar refractivity (Wildman–Crippen MR) is 38.0 cm³/mol. The molecule has 0 N–H and O–H groups in total. The molecular weight excluding hydrogens is 122 g/mol. The van der Waals surface area contributed by atoms with Gasteiger partial charge in [-0.1, -0.05) is 6.92 Å². The topological polar surface area (TPSA) is 0 Å². The monoisotopic (exact) mass is 132 g/mol. The Morgan fingerprint density at radius 3 is 2.25 bits per heavy atom. The number of rotatable bonds is 3. The van der Waals surface area contributed by atoms with Crippen molar-refractivity contribution in [2.75, 3.05) is 6.67 Å². The standard InChI is InChI=1S/C5H10BFS/c1-3-5(2,4-7)8-6/h3-4H2,1-2H3. The zero-order valence-electron chi connectivity index (χ0n) is 5.28. The first-order valence-corrected chi connectivity index (χ1v) is 3.50. The molecule has 0 spiro atoms. The third-order valence-corrected chi connectivity index (χ3v) is 2.28. The molecule has 2 radical (unpaired) electrons. The van der Waals surface area contributed by atoms with Crippen molar-refractivity contribution in [1.82, 2.24) is 0 Å². The zero-order valence-corrected chi connectivity index (χ0v) is 6.09. The van der Waals surface area contributed by atoms with Crippen LogP contribution in [0.15, 0.2) is 0 Å². The van der Waals surface area contributed by atoms with E-state index < -0.39 is 0 Å². The van der Waals surface area contributed by atoms with Crippen LogP contribution in [0.1, 0.15) is 20.3 Å². The summed E-state index contributed by atoms with van der Waals surface area (Å²) in [6, 6.07) is 0. The van der Waals surface area contributed by atoms with Crippen LogP contribution >= 0.6 is 11.6 Å². The second kappa shape index (κ2) is 3.39. The Kier molecular flexibility index (Phi) is 3.53. The van der Waals surface area contributed by atoms with Crippen molar-refractivity contribution in [3.05, 3.63) is 0 Å². The molecule has 8 heavy (non-hydrogen) atoms. The van der Waals surface area contributed by atoms with Crippen LogP contribution in [-0.4, -0.2) is 18.5 Å². The SMILES string of the molecule is [B]SC(C)(CC)CF. The minimum absolute atomic E-state index is 0.343. The van der Waals surface area contributed by atoms with Crippen molar-refractivity contribution in [1.29, 1.82) is 0 Å². The lowest BCUT2D eigenvalue weighted by atomic mass is 10.1. The maximum absolute atomic E-state index is 11.9. The third kappa shape index (κ3) is 2.08. The highest BCUT2D eigenvalue weighted by atomic mass is 32.2. The minimum Gasteiger partial charge on any atom is -0.250 e. The van der Waals surface area contributed by atoms with E-state index in [0.717, 1.165) is 18.0 Å². The minimum atomic E-state index is -0.347. The summed E-state index contributed by atoms with van der Waals surface area (Å²) in [5, 5.41) is 0. The molecule has 1 unspecified atom stereocenters. The fourth-order valence-electron chi connectivity index (χ4n) is 0.209. The molecule has 0 rings (SSSR count). The lowest BCUT2D eigenvalue weighted by molar-refractivity contribution is 0.407. The van der Waals surface area contributed by atoms with E-state index in [1.807, 2.05) is 13.8 Å². The van der Waals surface area contributed by atoms with Gasteiger partial charge in [0.2, 0.25) is 0 Å². The molecule has 0 aromatic rings. The molecule has 0 amide bonds. The van der Waals surface area contributed by atoms with E-state index in [1.54, 1.807) is 0 Å². The first-order chi connectivity index (χ1) is 3.68. The van der Waals surface area contributed by atoms with Crippen LogP contribution in [0.5, 0.6) is 0 Å². The molecule has 0 saturated heterocycles. The highest BCUT2D eigenvalue weighted by Crippen LogP contribution is 2.24. The van der Waals surface area contributed by atoms with Crippen molar-refractivity contribution >= 4 is 18.7 Å². The van der Waals surface area contributed by atoms with Crippen LogP contribution in [-0.2, 0) is 0 Å². The van der Waals surface area contributed by atoms with Crippen LogP contribution in [0.3, 0.4) is 0 Å². The number of hydrogen-bond acceptors (Lipinski definition) is 1. The summed E-state index contributed by atoms with van der Waals surface area (Å²) in [5.74, 6) is 0. The van der Waals surface area contributed by atoms with Crippen LogP contribution in [0, 0.1) is 0 Å². The molecule has 0 nitrogen and oxygen atoms in total. The normalized spacial score (nSPS) is 17.9. The lowest BCUT2D eigenvalue weighted by Gasteiger charge is -2.21. The average molecular weight is 132 g/mol. The average Bonchev–Trinajstić information content (AvgIpc) is 1.87. The fourth-order valence-corrected chi connectivity index (χ4v) is 0.439. The smallest absolute Gasteiger partial charge is 0.162 e. The van der Waals surface area contributed by atoms with Crippen molar-refractivity contribution in [2.45, 2.75) is 25.0 Å². The maximum atomic E-state index is 11.9. The molecule has 1 atom stereocenters. The summed E-state index contributed by atoms with van der Waals surface area (Å²) in [7, 11) is 5.20. The van der Waals surface area contributed by atoms with Crippen LogP contribution in [0.25, 0.3) is 0 Å². The Bertz CT molecular complexity index is 55.2. The molecule has 0 aromatic heterocycles. The zero-order chi connectivity index (χ0) is 6.62. The van der Waals surface area contributed by atoms with Crippen LogP contribution in [0.4, 0.5) is 4.39 Å². The second-order valence-electron chi connectivity index (χ2n) is 2.05. The molecule has 0 aromatic carbocycles. The summed E-state index contributed by atoms with van der Waals surface area (Å²) < 4.78 is 11.6. The molecule has 0 aliphatic carbocycles. The van der Waals surface area contributed by atoms with Gasteiger partial charge in [0, 0.05) is 4.75 Å². The molecular formula is C5H10BFS. The number of alkyl halides is 1. The molecule has 0 aliphatic heterocycles. The third-order valence-electron chi connectivity index (χ3n) is 1.32. The molecule has 0 saturated carbocycles. The van der Waals surface area contributed by atoms with Gasteiger partial charge in [-0.25, -0.2) is 16.0 Å². The van der Waals surface area contributed by atoms with Crippen LogP contribution in [0.2, 0.25) is 0 Å². The lowest BCUT2D eigenvalue weighted by Crippen LogP contribution is -2.20. The van der Waals surface area contributed by atoms with Crippen molar-refractivity contribution in [3.63, 3.8) is 0 Å². The molecule has 0 bridgehead atoms. The van der Waals surface area contributed by atoms with Gasteiger partial charge in [0.05, 0.1) is 0 Å². The predicted octanol–water partition coefficient (Wildman–Crippen LogP) is 1.94. The van der Waals surface area contributed by atoms with E-state index in [2.05, 4.69) is 0 Å². The summed E-state index contributed by atoms with van der Waals surface area (Å²) in [6.45, 7) is 3.40. The van der Waals surface area contributed by atoms with Gasteiger partial charge in [0.25, 0.3) is 0 Å². The summed E-state index contributed by atoms with van der Waals surface area (Å²) in [5.41, 5.74) is 0. The molecule has 0 aliphatic rings. The van der Waals surface area contributed by atoms with Gasteiger partial charge in [0.15, 0.2) is 7.12 Å². The highest BCUT2D eigenvalue weighted by molar-refractivity contribution is 8.20. The van der Waals surface area contributed by atoms with E-state index >= 15 is 0 Å². The number of halogens is 1. The van der Waals surface area contributed by atoms with Gasteiger partial charge in [-0.3, -0.25) is 0 Å². The van der Waals surface area contributed by atoms with Gasteiger partial charge in [-0.05, 0) is 13.3 Å². The fraction of sp³-hybridized carbons (Fsp3) is 1.00. The highest BCUT2D eigenvalue weighted by Gasteiger charge is 2.18. The Morgan fingerprint density at radius 1 is 1.75 bits per heavy atom. The first-order valence-electron chi connectivity index (χ1n) is 2.62. The molecule has 0 fully saturated rings. The van der Waals surface area contributed by atoms with E-state index in [1.165, 1.54) is 0 Å². The van der Waals surface area contributed by atoms with Gasteiger partial charge in [0.1, 0.15) is 6.67 Å². The van der Waals surface area contributed by atoms with E-state index in [-0.39, 0.29) is 11.4 Å². The second-order valence-corrected chi connectivity index (χ2v) is 3.28. The quantitative estimate of drug-likeness (QED) is 0.528. The van der Waals surface area contributed by atoms with Gasteiger partial charge >= 0.3 is 0 Å². The largest absolute Gasteiger partial charge is 0.250 e. The Labute approximate surface area is 55.5 Å². The van der Waals surface area contributed by atoms with Crippen molar-refractivity contribution < 1.29 is 4.39 Å². The summed E-state index contributed by atoms with van der Waals surface area (Å²) in [6.07, 6.45) is 0.782. The Morgan fingerprint density at radius 2 is 2.25 bits per heavy atom. The summed E-state index contributed by atoms with van der Waals surface area (Å²) in [4.78, 5) is 0. The Balaban J connectivity index is 3.58. The van der Waals surface area contributed by atoms with Crippen molar-refractivity contribution in [2.24, 2.45) is 0 Å². The van der Waals surface area contributed by atoms with E-state index in [9.17, 15) is 4.39 Å². The van der Waals surface area contributed by atoms with E-state index in [4.69, 9.17) is 7.12 Å². The van der Waals surface area contributed by atoms with Crippen LogP contribution < -0.4 is 0 Å². The van der Waals surface area contributed by atoms with Crippen molar-refractivity contribution in [3.8, 4) is 0 Å².